The molecule has 0 aliphatic heterocycles. The van der Waals surface area contributed by atoms with Crippen molar-refractivity contribution in [1.29, 1.82) is 0 Å². The number of carboxylic acids is 1. The Balaban J connectivity index is 1.66. The van der Waals surface area contributed by atoms with Crippen LogP contribution in [0.5, 0.6) is 0 Å². The molecule has 0 spiro atoms. The van der Waals surface area contributed by atoms with Crippen molar-refractivity contribution in [2.24, 2.45) is 0 Å². The minimum Gasteiger partial charge on any atom is -0.480 e. The molecule has 0 heterocycles. The molecule has 2 N–H and O–H groups in total. The highest BCUT2D eigenvalue weighted by atomic mass is 16.6. The van der Waals surface area contributed by atoms with Crippen molar-refractivity contribution in [3.05, 3.63) is 59.7 Å². The summed E-state index contributed by atoms with van der Waals surface area (Å²) in [7, 11) is 1.37. The van der Waals surface area contributed by atoms with Crippen molar-refractivity contribution in [2.45, 2.75) is 31.4 Å². The van der Waals surface area contributed by atoms with Crippen LogP contribution in [-0.4, -0.2) is 65.7 Å². The third-order valence-corrected chi connectivity index (χ3v) is 5.11. The quantitative estimate of drug-likeness (QED) is 0.690. The van der Waals surface area contributed by atoms with Crippen LogP contribution in [0.4, 0.5) is 4.79 Å². The normalized spacial score (nSPS) is 14.0. The third-order valence-electron chi connectivity index (χ3n) is 5.11. The first-order valence-corrected chi connectivity index (χ1v) is 9.80. The highest BCUT2D eigenvalue weighted by Crippen LogP contribution is 2.44. The average Bonchev–Trinajstić information content (AvgIpc) is 3.02. The summed E-state index contributed by atoms with van der Waals surface area (Å²) in [5, 5.41) is 19.2. The van der Waals surface area contributed by atoms with Gasteiger partial charge in [0.1, 0.15) is 6.61 Å². The Morgan fingerprint density at radius 2 is 1.60 bits per heavy atom. The molecule has 0 saturated carbocycles. The van der Waals surface area contributed by atoms with Crippen LogP contribution in [0, 0.1) is 0 Å². The second-order valence-corrected chi connectivity index (χ2v) is 8.10. The molecule has 0 saturated heterocycles. The minimum absolute atomic E-state index is 0.0463. The fraction of sp³-hybridized carbons (Fsp3) is 0.391. The van der Waals surface area contributed by atoms with Crippen LogP contribution in [0.3, 0.4) is 0 Å². The van der Waals surface area contributed by atoms with E-state index in [1.165, 1.54) is 7.05 Å². The number of carbonyl (C=O) groups excluding carboxylic acids is 1. The van der Waals surface area contributed by atoms with Crippen LogP contribution >= 0.6 is 0 Å². The number of rotatable bonds is 8. The Bertz CT molecular complexity index is 874. The molecule has 160 valence electrons. The molecule has 1 amide bonds. The van der Waals surface area contributed by atoms with Crippen molar-refractivity contribution < 1.29 is 29.3 Å². The SMILES string of the molecule is CN(C(=O)OCC1c2ccccc2-c2ccccc21)[C@@H](COCC(C)(C)O)C(=O)O. The highest BCUT2D eigenvalue weighted by molar-refractivity contribution is 5.81. The Labute approximate surface area is 175 Å². The third kappa shape index (κ3) is 4.80. The van der Waals surface area contributed by atoms with Gasteiger partial charge in [-0.25, -0.2) is 9.59 Å². The van der Waals surface area contributed by atoms with Gasteiger partial charge in [0.15, 0.2) is 6.04 Å². The lowest BCUT2D eigenvalue weighted by Crippen LogP contribution is -2.46. The summed E-state index contributed by atoms with van der Waals surface area (Å²) >= 11 is 0. The molecule has 0 radical (unpaired) electrons. The van der Waals surface area contributed by atoms with Crippen LogP contribution in [0.15, 0.2) is 48.5 Å². The van der Waals surface area contributed by atoms with Crippen LogP contribution in [-0.2, 0) is 14.3 Å². The predicted octanol–water partition coefficient (Wildman–Crippen LogP) is 3.11. The smallest absolute Gasteiger partial charge is 0.410 e. The molecule has 2 aromatic carbocycles. The summed E-state index contributed by atoms with van der Waals surface area (Å²) in [6.07, 6.45) is -0.740. The van der Waals surface area contributed by atoms with Crippen molar-refractivity contribution in [2.75, 3.05) is 26.9 Å². The van der Waals surface area contributed by atoms with E-state index in [1.807, 2.05) is 48.5 Å². The van der Waals surface area contributed by atoms with Gasteiger partial charge in [0.25, 0.3) is 0 Å². The fourth-order valence-electron chi connectivity index (χ4n) is 3.59. The van der Waals surface area contributed by atoms with Crippen LogP contribution in [0.1, 0.15) is 30.9 Å². The first-order chi connectivity index (χ1) is 14.2. The lowest BCUT2D eigenvalue weighted by molar-refractivity contribution is -0.145. The van der Waals surface area contributed by atoms with E-state index in [1.54, 1.807) is 13.8 Å². The van der Waals surface area contributed by atoms with E-state index in [9.17, 15) is 19.8 Å². The van der Waals surface area contributed by atoms with E-state index in [4.69, 9.17) is 9.47 Å². The number of likely N-dealkylation sites (N-methyl/N-ethyl adjacent to an activating group) is 1. The lowest BCUT2D eigenvalue weighted by Gasteiger charge is -2.26. The number of aliphatic hydroxyl groups is 1. The van der Waals surface area contributed by atoms with Gasteiger partial charge in [-0.3, -0.25) is 4.90 Å². The number of aliphatic carboxylic acids is 1. The van der Waals surface area contributed by atoms with E-state index >= 15 is 0 Å². The minimum atomic E-state index is -1.22. The molecule has 1 aliphatic carbocycles. The van der Waals surface area contributed by atoms with E-state index in [0.29, 0.717) is 0 Å². The molecule has 7 nitrogen and oxygen atoms in total. The molecule has 1 aliphatic rings. The Hall–Kier alpha value is -2.90. The lowest BCUT2D eigenvalue weighted by atomic mass is 9.98. The molecule has 1 atom stereocenters. The number of nitrogens with zero attached hydrogens (tertiary/aromatic N) is 1. The van der Waals surface area contributed by atoms with Gasteiger partial charge in [-0.05, 0) is 36.1 Å². The number of carbonyl (C=O) groups is 2. The number of carboxylic acid groups (broad SMARTS) is 1. The second kappa shape index (κ2) is 8.85. The predicted molar refractivity (Wildman–Crippen MR) is 111 cm³/mol. The van der Waals surface area contributed by atoms with Gasteiger partial charge >= 0.3 is 12.1 Å². The molecule has 0 bridgehead atoms. The van der Waals surface area contributed by atoms with Gasteiger partial charge in [0, 0.05) is 13.0 Å². The average molecular weight is 413 g/mol. The van der Waals surface area contributed by atoms with Gasteiger partial charge < -0.3 is 19.7 Å². The fourth-order valence-corrected chi connectivity index (χ4v) is 3.59. The summed E-state index contributed by atoms with van der Waals surface area (Å²) < 4.78 is 10.8. The Morgan fingerprint density at radius 3 is 2.10 bits per heavy atom. The van der Waals surface area contributed by atoms with E-state index in [0.717, 1.165) is 27.2 Å². The van der Waals surface area contributed by atoms with Gasteiger partial charge in [0.05, 0.1) is 18.8 Å². The first kappa shape index (κ1) is 21.8. The van der Waals surface area contributed by atoms with Crippen molar-refractivity contribution >= 4 is 12.1 Å². The Kier molecular flexibility index (Phi) is 6.43. The number of fused-ring (bicyclic) bond motifs is 3. The zero-order valence-corrected chi connectivity index (χ0v) is 17.4. The topological polar surface area (TPSA) is 96.3 Å². The monoisotopic (exact) mass is 413 g/mol. The maximum absolute atomic E-state index is 12.6. The first-order valence-electron chi connectivity index (χ1n) is 9.80. The Morgan fingerprint density at radius 1 is 1.07 bits per heavy atom. The molecule has 2 aromatic rings. The molecule has 3 rings (SSSR count). The number of benzene rings is 2. The summed E-state index contributed by atoms with van der Waals surface area (Å²) in [6, 6.07) is 14.8. The van der Waals surface area contributed by atoms with Gasteiger partial charge in [-0.2, -0.15) is 0 Å². The summed E-state index contributed by atoms with van der Waals surface area (Å²) in [5.41, 5.74) is 3.30. The van der Waals surface area contributed by atoms with Gasteiger partial charge in [-0.1, -0.05) is 48.5 Å². The molecular weight excluding hydrogens is 386 g/mol. The van der Waals surface area contributed by atoms with Gasteiger partial charge in [0.2, 0.25) is 0 Å². The maximum atomic E-state index is 12.6. The van der Waals surface area contributed by atoms with Crippen LogP contribution in [0.25, 0.3) is 11.1 Å². The van der Waals surface area contributed by atoms with Crippen molar-refractivity contribution in [3.8, 4) is 11.1 Å². The molecule has 0 fully saturated rings. The van der Waals surface area contributed by atoms with E-state index < -0.39 is 23.7 Å². The standard InChI is InChI=1S/C23H27NO6/c1-23(2,28)14-29-13-20(21(25)26)24(3)22(27)30-12-19-17-10-6-4-8-15(17)16-9-5-7-11-18(16)19/h4-11,19-20,28H,12-14H2,1-3H3,(H,25,26)/t20-/m0/s1. The summed E-state index contributed by atoms with van der Waals surface area (Å²) in [6.45, 7) is 2.92. The number of amides is 1. The zero-order chi connectivity index (χ0) is 21.9. The zero-order valence-electron chi connectivity index (χ0n) is 17.4. The van der Waals surface area contributed by atoms with Crippen molar-refractivity contribution in [3.63, 3.8) is 0 Å². The summed E-state index contributed by atoms with van der Waals surface area (Å²) in [5.74, 6) is -1.31. The highest BCUT2D eigenvalue weighted by Gasteiger charge is 2.32. The number of hydrogen-bond acceptors (Lipinski definition) is 5. The van der Waals surface area contributed by atoms with Crippen molar-refractivity contribution in [1.82, 2.24) is 4.90 Å². The molecular formula is C23H27NO6. The number of hydrogen-bond donors (Lipinski definition) is 2. The largest absolute Gasteiger partial charge is 0.480 e. The molecule has 0 aromatic heterocycles. The molecule has 30 heavy (non-hydrogen) atoms. The maximum Gasteiger partial charge on any atom is 0.410 e. The van der Waals surface area contributed by atoms with Gasteiger partial charge in [-0.15, -0.1) is 0 Å². The number of ether oxygens (including phenoxy) is 2. The molecule has 7 heteroatoms. The second-order valence-electron chi connectivity index (χ2n) is 8.10. The molecule has 0 unspecified atom stereocenters. The van der Waals surface area contributed by atoms with E-state index in [2.05, 4.69) is 0 Å². The van der Waals surface area contributed by atoms with Crippen LogP contribution in [0.2, 0.25) is 0 Å². The van der Waals surface area contributed by atoms with Crippen LogP contribution < -0.4 is 0 Å². The van der Waals surface area contributed by atoms with E-state index in [-0.39, 0.29) is 25.7 Å². The summed E-state index contributed by atoms with van der Waals surface area (Å²) in [4.78, 5) is 25.2.